The lowest BCUT2D eigenvalue weighted by atomic mass is 9.98. The number of fused-ring (bicyclic) bond motifs is 2. The van der Waals surface area contributed by atoms with Gasteiger partial charge in [-0.05, 0) is 91.8 Å². The normalized spacial score (nSPS) is 15.0. The highest BCUT2D eigenvalue weighted by Crippen LogP contribution is 2.25. The predicted octanol–water partition coefficient (Wildman–Crippen LogP) is 8.31. The molecule has 3 heterocycles. The first-order valence-electron chi connectivity index (χ1n) is 19.6. The van der Waals surface area contributed by atoms with E-state index in [2.05, 4.69) is 51.2 Å². The molecule has 1 saturated carbocycles. The first-order valence-corrected chi connectivity index (χ1v) is 20.0. The Morgan fingerprint density at radius 2 is 1.72 bits per heavy atom. The molecule has 0 atom stereocenters. The molecule has 0 unspecified atom stereocenters. The number of halogens is 1. The lowest BCUT2D eigenvalue weighted by molar-refractivity contribution is -0.118. The largest absolute Gasteiger partial charge is 0.446 e. The maximum atomic E-state index is 11.7. The number of benzene rings is 2. The predicted molar refractivity (Wildman–Crippen MR) is 214 cm³/mol. The van der Waals surface area contributed by atoms with E-state index in [9.17, 15) is 9.59 Å². The van der Waals surface area contributed by atoms with Crippen molar-refractivity contribution in [1.29, 1.82) is 0 Å². The van der Waals surface area contributed by atoms with Crippen molar-refractivity contribution < 1.29 is 14.3 Å². The summed E-state index contributed by atoms with van der Waals surface area (Å²) in [5, 5.41) is 4.05. The summed E-state index contributed by atoms with van der Waals surface area (Å²) in [6.45, 7) is 11.8. The highest BCUT2D eigenvalue weighted by atomic mass is 35.5. The number of pyridine rings is 1. The molecule has 0 spiro atoms. The average Bonchev–Trinajstić information content (AvgIpc) is 3.60. The maximum Gasteiger partial charge on any atom is 0.410 e. The van der Waals surface area contributed by atoms with Crippen LogP contribution in [0.2, 0.25) is 5.02 Å². The van der Waals surface area contributed by atoms with Crippen LogP contribution >= 0.6 is 11.6 Å². The zero-order valence-electron chi connectivity index (χ0n) is 32.0. The number of piperazine rings is 1. The van der Waals surface area contributed by atoms with Crippen molar-refractivity contribution >= 4 is 24.1 Å². The molecule has 10 heteroatoms. The highest BCUT2D eigenvalue weighted by Gasteiger charge is 2.23. The van der Waals surface area contributed by atoms with E-state index in [1.165, 1.54) is 41.6 Å². The molecule has 0 radical (unpaired) electrons. The number of imidazole rings is 1. The van der Waals surface area contributed by atoms with Crippen LogP contribution < -0.4 is 5.32 Å². The Bertz CT molecular complexity index is 1640. The number of ether oxygens (including phenoxy) is 1. The average molecular weight is 743 g/mol. The summed E-state index contributed by atoms with van der Waals surface area (Å²) in [7, 11) is 0. The number of rotatable bonds is 9. The maximum absolute atomic E-state index is 11.7. The molecule has 7 rings (SSSR count). The number of nitrogens with zero attached hydrogens (tertiary/aromatic N) is 5. The summed E-state index contributed by atoms with van der Waals surface area (Å²) >= 11 is 6.03. The fourth-order valence-electron chi connectivity index (χ4n) is 6.71. The van der Waals surface area contributed by atoms with Gasteiger partial charge in [0.05, 0.1) is 12.0 Å². The van der Waals surface area contributed by atoms with Crippen LogP contribution in [-0.2, 0) is 48.3 Å². The number of nitrogens with one attached hydrogen (secondary N) is 1. The minimum atomic E-state index is -0.108. The molecule has 2 aromatic heterocycles. The Balaban J connectivity index is 0.000000175. The van der Waals surface area contributed by atoms with Gasteiger partial charge in [-0.15, -0.1) is 0 Å². The van der Waals surface area contributed by atoms with Gasteiger partial charge < -0.3 is 24.4 Å². The molecule has 2 aromatic carbocycles. The third-order valence-electron chi connectivity index (χ3n) is 9.66. The van der Waals surface area contributed by atoms with Crippen molar-refractivity contribution in [2.24, 2.45) is 0 Å². The van der Waals surface area contributed by atoms with Gasteiger partial charge in [-0.3, -0.25) is 9.78 Å². The molecule has 1 saturated heterocycles. The summed E-state index contributed by atoms with van der Waals surface area (Å²) in [6.07, 6.45) is 17.6. The fourth-order valence-corrected chi connectivity index (χ4v) is 6.90. The molecule has 1 aliphatic heterocycles. The summed E-state index contributed by atoms with van der Waals surface area (Å²) in [5.41, 5.74) is 7.59. The van der Waals surface area contributed by atoms with Crippen LogP contribution in [0.3, 0.4) is 0 Å². The van der Waals surface area contributed by atoms with Gasteiger partial charge in [0.1, 0.15) is 6.10 Å². The van der Waals surface area contributed by atoms with E-state index in [-0.39, 0.29) is 12.2 Å². The van der Waals surface area contributed by atoms with Gasteiger partial charge in [0.15, 0.2) is 0 Å². The van der Waals surface area contributed by atoms with Crippen LogP contribution in [0.15, 0.2) is 79.4 Å². The number of carbonyl (C=O) groups excluding carboxylic acids is 2. The Morgan fingerprint density at radius 1 is 0.962 bits per heavy atom. The Labute approximate surface area is 322 Å². The van der Waals surface area contributed by atoms with Gasteiger partial charge in [0.25, 0.3) is 0 Å². The molecule has 0 bridgehead atoms. The van der Waals surface area contributed by atoms with Crippen molar-refractivity contribution in [2.75, 3.05) is 32.7 Å². The number of amides is 2. The molecular formula is C43H59ClN6O3. The second kappa shape index (κ2) is 23.5. The van der Waals surface area contributed by atoms with Crippen molar-refractivity contribution in [3.8, 4) is 0 Å². The van der Waals surface area contributed by atoms with Crippen molar-refractivity contribution in [1.82, 2.24) is 29.7 Å². The number of aryl methyl sites for hydroxylation is 4. The number of hydrogen-bond acceptors (Lipinski definition) is 6. The molecule has 9 nitrogen and oxygen atoms in total. The third kappa shape index (κ3) is 14.3. The zero-order valence-corrected chi connectivity index (χ0v) is 32.8. The van der Waals surface area contributed by atoms with E-state index >= 15 is 0 Å². The Kier molecular flexibility index (Phi) is 18.4. The van der Waals surface area contributed by atoms with Crippen molar-refractivity contribution in [3.63, 3.8) is 0 Å². The first-order chi connectivity index (χ1) is 26.0. The summed E-state index contributed by atoms with van der Waals surface area (Å²) in [6, 6.07) is 20.4. The first kappa shape index (κ1) is 41.5. The van der Waals surface area contributed by atoms with Crippen LogP contribution in [0.5, 0.6) is 0 Å². The summed E-state index contributed by atoms with van der Waals surface area (Å²) in [4.78, 5) is 35.2. The highest BCUT2D eigenvalue weighted by molar-refractivity contribution is 6.30. The second-order valence-corrected chi connectivity index (χ2v) is 13.9. The van der Waals surface area contributed by atoms with Gasteiger partial charge in [-0.1, -0.05) is 81.3 Å². The number of aromatic nitrogens is 3. The molecule has 2 fully saturated rings. The van der Waals surface area contributed by atoms with E-state index in [4.69, 9.17) is 16.3 Å². The van der Waals surface area contributed by atoms with E-state index in [0.717, 1.165) is 107 Å². The molecule has 4 aromatic rings. The zero-order chi connectivity index (χ0) is 37.7. The van der Waals surface area contributed by atoms with Crippen LogP contribution in [0, 0.1) is 0 Å². The fraction of sp³-hybridized carbons (Fsp3) is 0.488. The SMILES string of the molecule is CC.CCc1cn(CCCN(C=O)Cc2ccccc2)cn1.Clc1ccc2c(c1)CCc1cccnc1C2.O=C(OC1CCCCC1)N1CCNCC1. The summed E-state index contributed by atoms with van der Waals surface area (Å²) < 4.78 is 7.58. The lowest BCUT2D eigenvalue weighted by Gasteiger charge is -2.29. The van der Waals surface area contributed by atoms with E-state index in [1.54, 1.807) is 0 Å². The quantitative estimate of drug-likeness (QED) is 0.174. The molecule has 53 heavy (non-hydrogen) atoms. The monoisotopic (exact) mass is 742 g/mol. The van der Waals surface area contributed by atoms with Gasteiger partial charge in [-0.25, -0.2) is 9.78 Å². The molecule has 286 valence electrons. The van der Waals surface area contributed by atoms with Crippen molar-refractivity contribution in [3.05, 3.63) is 118 Å². The van der Waals surface area contributed by atoms with E-state index < -0.39 is 0 Å². The lowest BCUT2D eigenvalue weighted by Crippen LogP contribution is -2.47. The standard InChI is InChI=1S/C16H21N3O.C14H12ClN.C11H20N2O2.C2H6/c1-2-16-12-18(13-17-16)9-6-10-19(14-20)11-15-7-4-3-5-8-15;15-13-6-5-12-9-14-10(2-1-7-16-14)3-4-11(12)8-13;14-11(13-8-6-12-7-9-13)15-10-4-2-1-3-5-10;1-2/h3-5,7-8,12-14H,2,6,9-11H2,1H3;1-2,5-8H,3-4,9H2;10,12H,1-9H2;1-2H3. The minimum absolute atomic E-state index is 0.108. The molecular weight excluding hydrogens is 684 g/mol. The minimum Gasteiger partial charge on any atom is -0.446 e. The van der Waals surface area contributed by atoms with Crippen LogP contribution in [0.1, 0.15) is 92.9 Å². The molecule has 2 amide bonds. The van der Waals surface area contributed by atoms with Crippen LogP contribution in [0.25, 0.3) is 0 Å². The third-order valence-corrected chi connectivity index (χ3v) is 9.89. The van der Waals surface area contributed by atoms with Crippen LogP contribution in [0.4, 0.5) is 4.79 Å². The molecule has 3 aliphatic rings. The second-order valence-electron chi connectivity index (χ2n) is 13.5. The van der Waals surface area contributed by atoms with Gasteiger partial charge in [-0.2, -0.15) is 0 Å². The smallest absolute Gasteiger partial charge is 0.410 e. The Hall–Kier alpha value is -4.21. The Morgan fingerprint density at radius 3 is 2.43 bits per heavy atom. The summed E-state index contributed by atoms with van der Waals surface area (Å²) in [5.74, 6) is 0. The number of carbonyl (C=O) groups is 2. The van der Waals surface area contributed by atoms with E-state index in [0.29, 0.717) is 6.54 Å². The topological polar surface area (TPSA) is 92.6 Å². The van der Waals surface area contributed by atoms with Gasteiger partial charge >= 0.3 is 6.09 Å². The molecule has 1 N–H and O–H groups in total. The van der Waals surface area contributed by atoms with Gasteiger partial charge in [0, 0.05) is 75.3 Å². The van der Waals surface area contributed by atoms with Crippen LogP contribution in [-0.4, -0.2) is 75.7 Å². The number of hydrogen-bond donors (Lipinski definition) is 1. The molecule has 2 aliphatic carbocycles. The van der Waals surface area contributed by atoms with Crippen molar-refractivity contribution in [2.45, 2.75) is 104 Å². The van der Waals surface area contributed by atoms with E-state index in [1.807, 2.05) is 78.6 Å². The van der Waals surface area contributed by atoms with Gasteiger partial charge in [0.2, 0.25) is 6.41 Å².